The molecule has 3 fully saturated rings. The van der Waals surface area contributed by atoms with Crippen LogP contribution in [0.25, 0.3) is 11.5 Å². The van der Waals surface area contributed by atoms with Crippen molar-refractivity contribution >= 4 is 23.4 Å². The number of rotatable bonds is 5. The molecule has 5 rings (SSSR count). The van der Waals surface area contributed by atoms with Crippen molar-refractivity contribution in [3.8, 4) is 11.5 Å². The van der Waals surface area contributed by atoms with E-state index in [0.29, 0.717) is 24.6 Å². The Morgan fingerprint density at radius 2 is 2.00 bits per heavy atom. The van der Waals surface area contributed by atoms with Crippen LogP contribution in [0.3, 0.4) is 0 Å². The van der Waals surface area contributed by atoms with Gasteiger partial charge >= 0.3 is 0 Å². The SMILES string of the molecule is O=C(N[C@H](C(=O)N1C[C@H](Cl)[C@H]2OCC[C@H]21)C1CCCCC1)c1ccc(-c2cnccn2)o1. The van der Waals surface area contributed by atoms with E-state index in [1.807, 2.05) is 4.90 Å². The second-order valence-corrected chi connectivity index (χ2v) is 9.36. The summed E-state index contributed by atoms with van der Waals surface area (Å²) in [7, 11) is 0. The summed E-state index contributed by atoms with van der Waals surface area (Å²) in [6.45, 7) is 1.06. The summed E-state index contributed by atoms with van der Waals surface area (Å²) < 4.78 is 11.5. The highest BCUT2D eigenvalue weighted by atomic mass is 35.5. The molecule has 170 valence electrons. The standard InChI is InChI=1S/C23H27ClN4O4/c24-15-13-28(17-8-11-31-21(15)17)23(30)20(14-4-2-1-3-5-14)27-22(29)19-7-6-18(32-19)16-12-25-9-10-26-16/h6-7,9-10,12,14-15,17,20-21H,1-5,8,11,13H2,(H,27,29)/t15-,17+,20-,21+/m0/s1. The Morgan fingerprint density at radius 3 is 2.78 bits per heavy atom. The van der Waals surface area contributed by atoms with Crippen LogP contribution < -0.4 is 5.32 Å². The molecule has 1 N–H and O–H groups in total. The molecule has 2 aliphatic heterocycles. The lowest BCUT2D eigenvalue weighted by atomic mass is 9.83. The van der Waals surface area contributed by atoms with Crippen molar-refractivity contribution in [2.24, 2.45) is 5.92 Å². The highest BCUT2D eigenvalue weighted by molar-refractivity contribution is 6.21. The largest absolute Gasteiger partial charge is 0.449 e. The van der Waals surface area contributed by atoms with E-state index in [1.165, 1.54) is 0 Å². The number of hydrogen-bond donors (Lipinski definition) is 1. The molecule has 1 saturated carbocycles. The lowest BCUT2D eigenvalue weighted by Crippen LogP contribution is -2.54. The summed E-state index contributed by atoms with van der Waals surface area (Å²) in [5.74, 6) is 0.251. The van der Waals surface area contributed by atoms with Crippen molar-refractivity contribution in [1.29, 1.82) is 0 Å². The van der Waals surface area contributed by atoms with Crippen molar-refractivity contribution in [1.82, 2.24) is 20.2 Å². The van der Waals surface area contributed by atoms with Gasteiger partial charge in [0.05, 0.1) is 23.7 Å². The van der Waals surface area contributed by atoms with Crippen LogP contribution in [0.15, 0.2) is 35.1 Å². The molecule has 2 aromatic rings. The number of aromatic nitrogens is 2. The minimum absolute atomic E-state index is 0.0140. The molecule has 0 aromatic carbocycles. The molecule has 3 aliphatic rings. The number of furan rings is 1. The quantitative estimate of drug-likeness (QED) is 0.691. The molecule has 9 heteroatoms. The molecule has 4 atom stereocenters. The van der Waals surface area contributed by atoms with Gasteiger partial charge < -0.3 is 19.4 Å². The number of ether oxygens (including phenoxy) is 1. The Labute approximate surface area is 191 Å². The molecule has 2 saturated heterocycles. The number of alkyl halides is 1. The Morgan fingerprint density at radius 1 is 1.16 bits per heavy atom. The number of amides is 2. The van der Waals surface area contributed by atoms with Crippen LogP contribution in [0, 0.1) is 5.92 Å². The zero-order chi connectivity index (χ0) is 22.1. The summed E-state index contributed by atoms with van der Waals surface area (Å²) in [6, 6.07) is 2.68. The number of nitrogens with one attached hydrogen (secondary N) is 1. The molecular formula is C23H27ClN4O4. The molecule has 0 spiro atoms. The first-order chi connectivity index (χ1) is 15.6. The van der Waals surface area contributed by atoms with E-state index in [1.54, 1.807) is 30.7 Å². The van der Waals surface area contributed by atoms with Crippen LogP contribution in [0.4, 0.5) is 0 Å². The third-order valence-corrected chi connectivity index (χ3v) is 7.22. The Kier molecular flexibility index (Phi) is 6.15. The van der Waals surface area contributed by atoms with E-state index in [9.17, 15) is 9.59 Å². The molecule has 0 radical (unpaired) electrons. The number of carbonyl (C=O) groups excluding carboxylic acids is 2. The predicted octanol–water partition coefficient (Wildman–Crippen LogP) is 3.02. The average molecular weight is 459 g/mol. The lowest BCUT2D eigenvalue weighted by Gasteiger charge is -2.34. The van der Waals surface area contributed by atoms with Crippen LogP contribution in [0.5, 0.6) is 0 Å². The van der Waals surface area contributed by atoms with E-state index in [0.717, 1.165) is 38.5 Å². The maximum Gasteiger partial charge on any atom is 0.287 e. The fraction of sp³-hybridized carbons (Fsp3) is 0.565. The molecule has 0 bridgehead atoms. The number of likely N-dealkylation sites (tertiary alicyclic amines) is 1. The number of fused-ring (bicyclic) bond motifs is 1. The normalized spacial score (nSPS) is 26.7. The Bertz CT molecular complexity index is 962. The van der Waals surface area contributed by atoms with Gasteiger partial charge in [-0.1, -0.05) is 19.3 Å². The third kappa shape index (κ3) is 4.13. The second kappa shape index (κ2) is 9.19. The predicted molar refractivity (Wildman–Crippen MR) is 117 cm³/mol. The van der Waals surface area contributed by atoms with Gasteiger partial charge in [0.15, 0.2) is 11.5 Å². The number of hydrogen-bond acceptors (Lipinski definition) is 6. The zero-order valence-electron chi connectivity index (χ0n) is 17.8. The zero-order valence-corrected chi connectivity index (χ0v) is 18.5. The van der Waals surface area contributed by atoms with E-state index < -0.39 is 11.9 Å². The minimum Gasteiger partial charge on any atom is -0.449 e. The fourth-order valence-corrected chi connectivity index (χ4v) is 5.61. The average Bonchev–Trinajstić information content (AvgIpc) is 3.57. The van der Waals surface area contributed by atoms with Gasteiger partial charge in [0.25, 0.3) is 5.91 Å². The third-order valence-electron chi connectivity index (χ3n) is 6.83. The van der Waals surface area contributed by atoms with Gasteiger partial charge in [-0.25, -0.2) is 4.98 Å². The van der Waals surface area contributed by atoms with Crippen LogP contribution >= 0.6 is 11.6 Å². The maximum absolute atomic E-state index is 13.7. The smallest absolute Gasteiger partial charge is 0.287 e. The first-order valence-corrected chi connectivity index (χ1v) is 11.8. The van der Waals surface area contributed by atoms with E-state index >= 15 is 0 Å². The molecule has 0 unspecified atom stereocenters. The monoisotopic (exact) mass is 458 g/mol. The topological polar surface area (TPSA) is 97.6 Å². The van der Waals surface area contributed by atoms with Crippen molar-refractivity contribution < 1.29 is 18.7 Å². The summed E-state index contributed by atoms with van der Waals surface area (Å²) in [5.41, 5.74) is 0.545. The number of halogens is 1. The van der Waals surface area contributed by atoms with E-state index in [-0.39, 0.29) is 35.1 Å². The van der Waals surface area contributed by atoms with Crippen molar-refractivity contribution in [3.63, 3.8) is 0 Å². The second-order valence-electron chi connectivity index (χ2n) is 8.80. The van der Waals surface area contributed by atoms with E-state index in [4.69, 9.17) is 20.8 Å². The van der Waals surface area contributed by atoms with Gasteiger partial charge in [-0.05, 0) is 37.3 Å². The van der Waals surface area contributed by atoms with Gasteiger partial charge in [0, 0.05) is 25.5 Å². The molecule has 32 heavy (non-hydrogen) atoms. The van der Waals surface area contributed by atoms with Crippen LogP contribution in [0.1, 0.15) is 49.1 Å². The molecule has 1 aliphatic carbocycles. The molecule has 2 amide bonds. The van der Waals surface area contributed by atoms with Gasteiger partial charge in [-0.15, -0.1) is 11.6 Å². The Hall–Kier alpha value is -2.45. The van der Waals surface area contributed by atoms with Crippen LogP contribution in [0.2, 0.25) is 0 Å². The fourth-order valence-electron chi connectivity index (χ4n) is 5.22. The summed E-state index contributed by atoms with van der Waals surface area (Å²) in [5, 5.41) is 2.78. The molecule has 4 heterocycles. The summed E-state index contributed by atoms with van der Waals surface area (Å²) >= 11 is 6.47. The van der Waals surface area contributed by atoms with Crippen LogP contribution in [-0.2, 0) is 9.53 Å². The highest BCUT2D eigenvalue weighted by Gasteiger charge is 2.49. The summed E-state index contributed by atoms with van der Waals surface area (Å²) in [6.07, 6.45) is 10.5. The van der Waals surface area contributed by atoms with Gasteiger partial charge in [0.1, 0.15) is 11.7 Å². The summed E-state index contributed by atoms with van der Waals surface area (Å²) in [4.78, 5) is 36.8. The van der Waals surface area contributed by atoms with Gasteiger partial charge in [-0.2, -0.15) is 0 Å². The lowest BCUT2D eigenvalue weighted by molar-refractivity contribution is -0.136. The Balaban J connectivity index is 1.35. The highest BCUT2D eigenvalue weighted by Crippen LogP contribution is 2.35. The first-order valence-electron chi connectivity index (χ1n) is 11.3. The molecular weight excluding hydrogens is 432 g/mol. The first kappa shape index (κ1) is 21.4. The van der Waals surface area contributed by atoms with Crippen LogP contribution in [-0.4, -0.2) is 63.4 Å². The van der Waals surface area contributed by atoms with Crippen molar-refractivity contribution in [2.45, 2.75) is 62.1 Å². The van der Waals surface area contributed by atoms with Gasteiger partial charge in [0.2, 0.25) is 5.91 Å². The number of carbonyl (C=O) groups is 2. The molecule has 2 aromatic heterocycles. The number of nitrogens with zero attached hydrogens (tertiary/aromatic N) is 3. The van der Waals surface area contributed by atoms with Crippen molar-refractivity contribution in [3.05, 3.63) is 36.5 Å². The van der Waals surface area contributed by atoms with E-state index in [2.05, 4.69) is 15.3 Å². The van der Waals surface area contributed by atoms with Crippen molar-refractivity contribution in [2.75, 3.05) is 13.2 Å². The van der Waals surface area contributed by atoms with Gasteiger partial charge in [-0.3, -0.25) is 14.6 Å². The minimum atomic E-state index is -0.601. The maximum atomic E-state index is 13.7. The molecule has 8 nitrogen and oxygen atoms in total.